The fourth-order valence-electron chi connectivity index (χ4n) is 2.09. The van der Waals surface area contributed by atoms with Gasteiger partial charge in [-0.05, 0) is 42.1 Å². The highest BCUT2D eigenvalue weighted by atomic mass is 79.9. The summed E-state index contributed by atoms with van der Waals surface area (Å²) in [7, 11) is 0. The summed E-state index contributed by atoms with van der Waals surface area (Å²) in [6.45, 7) is 0. The highest BCUT2D eigenvalue weighted by Crippen LogP contribution is 2.32. The van der Waals surface area contributed by atoms with Crippen LogP contribution >= 0.6 is 27.7 Å². The average Bonchev–Trinajstić information content (AvgIpc) is 3.19. The molecule has 0 saturated heterocycles. The number of halogens is 1. The van der Waals surface area contributed by atoms with Crippen molar-refractivity contribution in [1.82, 2.24) is 24.8 Å². The maximum absolute atomic E-state index is 6.07. The first-order chi connectivity index (χ1) is 11.2. The van der Waals surface area contributed by atoms with Crippen molar-refractivity contribution >= 4 is 38.6 Å². The molecule has 9 heteroatoms. The van der Waals surface area contributed by atoms with Crippen molar-refractivity contribution in [1.29, 1.82) is 0 Å². The van der Waals surface area contributed by atoms with E-state index in [0.29, 0.717) is 16.7 Å². The molecule has 0 atom stereocenters. The standard InChI is InChI=1S/C14H9BrN6OS/c15-8-3-4-10-9(6-8)13(18-7-17-10)23-14-20-19-12(21(14)16)11-2-1-5-22-11/h1-7H,16H2. The molecule has 0 bridgehead atoms. The molecule has 0 radical (unpaired) electrons. The van der Waals surface area contributed by atoms with Gasteiger partial charge in [0, 0.05) is 9.86 Å². The summed E-state index contributed by atoms with van der Waals surface area (Å²) < 4.78 is 7.64. The van der Waals surface area contributed by atoms with Crippen molar-refractivity contribution in [3.8, 4) is 11.6 Å². The summed E-state index contributed by atoms with van der Waals surface area (Å²) in [4.78, 5) is 8.59. The lowest BCUT2D eigenvalue weighted by Crippen LogP contribution is -2.11. The molecular weight excluding hydrogens is 380 g/mol. The second kappa shape index (κ2) is 5.67. The second-order valence-electron chi connectivity index (χ2n) is 4.60. The summed E-state index contributed by atoms with van der Waals surface area (Å²) in [5.74, 6) is 7.09. The molecule has 0 fully saturated rings. The van der Waals surface area contributed by atoms with Crippen molar-refractivity contribution < 1.29 is 4.42 Å². The van der Waals surface area contributed by atoms with Gasteiger partial charge in [-0.1, -0.05) is 15.9 Å². The molecule has 7 nitrogen and oxygen atoms in total. The number of rotatable bonds is 3. The smallest absolute Gasteiger partial charge is 0.218 e. The number of nitrogen functional groups attached to an aromatic ring is 1. The Kier molecular flexibility index (Phi) is 3.50. The van der Waals surface area contributed by atoms with Crippen molar-refractivity contribution in [3.63, 3.8) is 0 Å². The lowest BCUT2D eigenvalue weighted by molar-refractivity contribution is 0.574. The Morgan fingerprint density at radius 2 is 2.09 bits per heavy atom. The molecule has 0 aliphatic rings. The Hall–Kier alpha value is -2.39. The van der Waals surface area contributed by atoms with E-state index in [2.05, 4.69) is 36.1 Å². The molecule has 1 aromatic carbocycles. The van der Waals surface area contributed by atoms with Gasteiger partial charge in [-0.25, -0.2) is 14.6 Å². The maximum atomic E-state index is 6.07. The highest BCUT2D eigenvalue weighted by Gasteiger charge is 2.16. The van der Waals surface area contributed by atoms with E-state index in [1.165, 1.54) is 22.8 Å². The van der Waals surface area contributed by atoms with E-state index in [4.69, 9.17) is 10.3 Å². The van der Waals surface area contributed by atoms with Gasteiger partial charge in [-0.15, -0.1) is 10.2 Å². The van der Waals surface area contributed by atoms with Crippen molar-refractivity contribution in [2.24, 2.45) is 0 Å². The summed E-state index contributed by atoms with van der Waals surface area (Å²) in [5, 5.41) is 10.4. The number of nitrogens with two attached hydrogens (primary N) is 1. The molecule has 4 aromatic rings. The second-order valence-corrected chi connectivity index (χ2v) is 6.47. The first-order valence-electron chi connectivity index (χ1n) is 6.55. The molecule has 23 heavy (non-hydrogen) atoms. The topological polar surface area (TPSA) is 95.7 Å². The highest BCUT2D eigenvalue weighted by molar-refractivity contribution is 9.10. The molecule has 0 aliphatic heterocycles. The van der Waals surface area contributed by atoms with E-state index >= 15 is 0 Å². The Morgan fingerprint density at radius 3 is 2.91 bits per heavy atom. The van der Waals surface area contributed by atoms with Crippen molar-refractivity contribution in [2.75, 3.05) is 5.84 Å². The summed E-state index contributed by atoms with van der Waals surface area (Å²) >= 11 is 4.78. The molecule has 0 amide bonds. The molecular formula is C14H9BrN6OS. The van der Waals surface area contributed by atoms with Crippen LogP contribution < -0.4 is 5.84 Å². The van der Waals surface area contributed by atoms with Crippen LogP contribution in [0.5, 0.6) is 0 Å². The third-order valence-corrected chi connectivity index (χ3v) is 4.63. The fraction of sp³-hybridized carbons (Fsp3) is 0. The predicted molar refractivity (Wildman–Crippen MR) is 89.2 cm³/mol. The number of benzene rings is 1. The molecule has 0 aliphatic carbocycles. The van der Waals surface area contributed by atoms with E-state index in [-0.39, 0.29) is 0 Å². The predicted octanol–water partition coefficient (Wildman–Crippen LogP) is 3.11. The molecule has 2 N–H and O–H groups in total. The summed E-state index contributed by atoms with van der Waals surface area (Å²) in [6, 6.07) is 9.37. The van der Waals surface area contributed by atoms with Crippen LogP contribution in [0.15, 0.2) is 62.0 Å². The van der Waals surface area contributed by atoms with E-state index in [1.54, 1.807) is 18.4 Å². The molecule has 0 saturated carbocycles. The Labute approximate surface area is 143 Å². The van der Waals surface area contributed by atoms with Gasteiger partial charge in [0.25, 0.3) is 0 Å². The van der Waals surface area contributed by atoms with Gasteiger partial charge in [0.1, 0.15) is 11.4 Å². The lowest BCUT2D eigenvalue weighted by atomic mass is 10.2. The summed E-state index contributed by atoms with van der Waals surface area (Å²) in [6.07, 6.45) is 3.08. The van der Waals surface area contributed by atoms with Gasteiger partial charge in [-0.2, -0.15) is 0 Å². The maximum Gasteiger partial charge on any atom is 0.218 e. The molecule has 3 aromatic heterocycles. The van der Waals surface area contributed by atoms with Crippen molar-refractivity contribution in [2.45, 2.75) is 10.2 Å². The molecule has 3 heterocycles. The first kappa shape index (κ1) is 14.2. The van der Waals surface area contributed by atoms with E-state index in [9.17, 15) is 0 Å². The molecule has 0 spiro atoms. The van der Waals surface area contributed by atoms with Crippen LogP contribution in [0.2, 0.25) is 0 Å². The van der Waals surface area contributed by atoms with Crippen LogP contribution in [-0.4, -0.2) is 24.8 Å². The van der Waals surface area contributed by atoms with Crippen LogP contribution in [0.25, 0.3) is 22.5 Å². The van der Waals surface area contributed by atoms with Crippen molar-refractivity contribution in [3.05, 3.63) is 47.4 Å². The van der Waals surface area contributed by atoms with Crippen LogP contribution in [0.1, 0.15) is 0 Å². The fourth-order valence-corrected chi connectivity index (χ4v) is 3.27. The van der Waals surface area contributed by atoms with Gasteiger partial charge in [0.2, 0.25) is 11.0 Å². The zero-order chi connectivity index (χ0) is 15.8. The zero-order valence-electron chi connectivity index (χ0n) is 11.5. The average molecular weight is 389 g/mol. The number of aromatic nitrogens is 5. The van der Waals surface area contributed by atoms with E-state index in [0.717, 1.165) is 20.4 Å². The van der Waals surface area contributed by atoms with Crippen LogP contribution in [-0.2, 0) is 0 Å². The third-order valence-electron chi connectivity index (χ3n) is 3.15. The Balaban J connectivity index is 1.76. The minimum atomic E-state index is 0.456. The largest absolute Gasteiger partial charge is 0.461 e. The van der Waals surface area contributed by atoms with Gasteiger partial charge in [0.05, 0.1) is 11.8 Å². The van der Waals surface area contributed by atoms with Gasteiger partial charge >= 0.3 is 0 Å². The lowest BCUT2D eigenvalue weighted by Gasteiger charge is -2.05. The number of furan rings is 1. The first-order valence-corrected chi connectivity index (χ1v) is 8.16. The van der Waals surface area contributed by atoms with Crippen LogP contribution in [0.4, 0.5) is 0 Å². The van der Waals surface area contributed by atoms with Crippen LogP contribution in [0.3, 0.4) is 0 Å². The number of hydrogen-bond acceptors (Lipinski definition) is 7. The minimum absolute atomic E-state index is 0.456. The third kappa shape index (κ3) is 2.57. The molecule has 0 unspecified atom stereocenters. The summed E-state index contributed by atoms with van der Waals surface area (Å²) in [5.41, 5.74) is 0.847. The van der Waals surface area contributed by atoms with Gasteiger partial charge in [-0.3, -0.25) is 0 Å². The normalized spacial score (nSPS) is 11.2. The van der Waals surface area contributed by atoms with Gasteiger partial charge < -0.3 is 10.3 Å². The monoisotopic (exact) mass is 388 g/mol. The quantitative estimate of drug-likeness (QED) is 0.425. The number of nitrogens with zero attached hydrogens (tertiary/aromatic N) is 5. The van der Waals surface area contributed by atoms with E-state index in [1.807, 2.05) is 18.2 Å². The van der Waals surface area contributed by atoms with E-state index < -0.39 is 0 Å². The minimum Gasteiger partial charge on any atom is -0.461 e. The zero-order valence-corrected chi connectivity index (χ0v) is 14.0. The Bertz CT molecular complexity index is 984. The van der Waals surface area contributed by atoms with Crippen LogP contribution in [0, 0.1) is 0 Å². The molecule has 114 valence electrons. The Morgan fingerprint density at radius 1 is 1.17 bits per heavy atom. The molecule has 4 rings (SSSR count). The number of hydrogen-bond donors (Lipinski definition) is 1. The van der Waals surface area contributed by atoms with Gasteiger partial charge in [0.15, 0.2) is 5.76 Å². The number of fused-ring (bicyclic) bond motifs is 1. The SMILES string of the molecule is Nn1c(Sc2ncnc3ccc(Br)cc23)nnc1-c1ccco1.